The largest absolute Gasteiger partial charge is 0.497 e. The Morgan fingerprint density at radius 2 is 1.69 bits per heavy atom. The number of benzene rings is 3. The maximum atomic E-state index is 13.4. The summed E-state index contributed by atoms with van der Waals surface area (Å²) in [5.41, 5.74) is 3.07. The lowest BCUT2D eigenvalue weighted by Gasteiger charge is -2.11. The molecule has 0 radical (unpaired) electrons. The van der Waals surface area contributed by atoms with Gasteiger partial charge in [-0.15, -0.1) is 0 Å². The van der Waals surface area contributed by atoms with E-state index in [-0.39, 0.29) is 0 Å². The summed E-state index contributed by atoms with van der Waals surface area (Å²) in [7, 11) is 1.63. The molecule has 0 aliphatic rings. The summed E-state index contributed by atoms with van der Waals surface area (Å²) in [4.78, 5) is 8.94. The summed E-state index contributed by atoms with van der Waals surface area (Å²) in [6.07, 6.45) is -0.440. The van der Waals surface area contributed by atoms with E-state index in [4.69, 9.17) is 4.74 Å². The highest BCUT2D eigenvalue weighted by molar-refractivity contribution is 6.02. The number of nitrogens with zero attached hydrogens (tertiary/aromatic N) is 3. The van der Waals surface area contributed by atoms with Crippen molar-refractivity contribution in [1.82, 2.24) is 14.5 Å². The van der Waals surface area contributed by atoms with E-state index in [1.807, 2.05) is 60.8 Å². The van der Waals surface area contributed by atoms with Crippen LogP contribution in [-0.4, -0.2) is 28.2 Å². The molecule has 0 fully saturated rings. The zero-order valence-corrected chi connectivity index (χ0v) is 19.5. The molecular weight excluding hydrogens is 465 g/mol. The van der Waals surface area contributed by atoms with E-state index in [2.05, 4.69) is 15.3 Å². The molecule has 2 aromatic heterocycles. The molecule has 0 spiro atoms. The molecule has 3 aromatic carbocycles. The second kappa shape index (κ2) is 9.73. The van der Waals surface area contributed by atoms with Gasteiger partial charge in [-0.1, -0.05) is 48.5 Å². The van der Waals surface area contributed by atoms with Crippen LogP contribution in [0.3, 0.4) is 0 Å². The third-order valence-electron chi connectivity index (χ3n) is 5.98. The predicted octanol–water partition coefficient (Wildman–Crippen LogP) is 6.77. The van der Waals surface area contributed by atoms with E-state index in [9.17, 15) is 13.2 Å². The summed E-state index contributed by atoms with van der Waals surface area (Å²) in [6, 6.07) is 22.8. The number of alkyl halides is 3. The van der Waals surface area contributed by atoms with Crippen molar-refractivity contribution in [2.75, 3.05) is 19.0 Å². The Morgan fingerprint density at radius 3 is 2.42 bits per heavy atom. The number of halogens is 3. The Hall–Kier alpha value is -4.33. The van der Waals surface area contributed by atoms with Crippen LogP contribution in [0.4, 0.5) is 19.0 Å². The summed E-state index contributed by atoms with van der Waals surface area (Å²) >= 11 is 0. The molecule has 0 aliphatic carbocycles. The van der Waals surface area contributed by atoms with Crippen LogP contribution in [0, 0.1) is 0 Å². The van der Waals surface area contributed by atoms with Crippen molar-refractivity contribution in [3.63, 3.8) is 0 Å². The fraction of sp³-hybridized carbons (Fsp3) is 0.143. The van der Waals surface area contributed by atoms with Crippen LogP contribution in [0.25, 0.3) is 27.8 Å². The molecule has 2 heterocycles. The molecule has 5 nitrogen and oxygen atoms in total. The summed E-state index contributed by atoms with van der Waals surface area (Å²) in [5, 5.41) is 4.15. The van der Waals surface area contributed by atoms with Gasteiger partial charge in [-0.3, -0.25) is 0 Å². The Balaban J connectivity index is 1.55. The second-order valence-electron chi connectivity index (χ2n) is 8.27. The van der Waals surface area contributed by atoms with Crippen molar-refractivity contribution >= 4 is 16.9 Å². The zero-order chi connectivity index (χ0) is 25.1. The molecule has 36 heavy (non-hydrogen) atoms. The van der Waals surface area contributed by atoms with E-state index >= 15 is 0 Å². The van der Waals surface area contributed by atoms with Gasteiger partial charge in [0.25, 0.3) is 0 Å². The second-order valence-corrected chi connectivity index (χ2v) is 8.27. The van der Waals surface area contributed by atoms with E-state index in [0.717, 1.165) is 46.4 Å². The molecule has 0 saturated carbocycles. The van der Waals surface area contributed by atoms with Crippen LogP contribution >= 0.6 is 0 Å². The average Bonchev–Trinajstić information content (AvgIpc) is 3.30. The van der Waals surface area contributed by atoms with Gasteiger partial charge in [-0.25, -0.2) is 9.97 Å². The Bertz CT molecular complexity index is 1480. The van der Waals surface area contributed by atoms with E-state index in [1.54, 1.807) is 17.7 Å². The molecule has 5 rings (SSSR count). The number of aromatic nitrogens is 3. The molecule has 0 aliphatic heterocycles. The van der Waals surface area contributed by atoms with Crippen molar-refractivity contribution < 1.29 is 17.9 Å². The van der Waals surface area contributed by atoms with Gasteiger partial charge >= 0.3 is 6.18 Å². The van der Waals surface area contributed by atoms with Gasteiger partial charge in [0.2, 0.25) is 0 Å². The molecule has 0 unspecified atom stereocenters. The minimum absolute atomic E-state index is 0.375. The van der Waals surface area contributed by atoms with Crippen molar-refractivity contribution in [1.29, 1.82) is 0 Å². The molecule has 0 atom stereocenters. The van der Waals surface area contributed by atoms with E-state index in [0.29, 0.717) is 23.7 Å². The molecule has 0 saturated heterocycles. The fourth-order valence-corrected chi connectivity index (χ4v) is 4.18. The van der Waals surface area contributed by atoms with Crippen molar-refractivity contribution in [3.8, 4) is 22.6 Å². The smallest absolute Gasteiger partial charge is 0.416 e. The molecule has 182 valence electrons. The first-order valence-electron chi connectivity index (χ1n) is 11.4. The number of nitrogens with one attached hydrogen (secondary N) is 1. The Morgan fingerprint density at radius 1 is 0.917 bits per heavy atom. The highest BCUT2D eigenvalue weighted by Gasteiger charge is 2.30. The molecule has 1 N–H and O–H groups in total. The number of anilines is 1. The standard InChI is InChI=1S/C28H23F3N4O/c1-36-23-12-10-19(11-13-23)14-15-32-26-25-24(20-6-3-2-4-7-20)17-35(27(25)34-18-33-26)22-9-5-8-21(16-22)28(29,30)31/h2-13,16-18H,14-15H2,1H3,(H,32,33,34). The Kier molecular flexibility index (Phi) is 6.33. The van der Waals surface area contributed by atoms with Crippen LogP contribution < -0.4 is 10.1 Å². The average molecular weight is 489 g/mol. The fourth-order valence-electron chi connectivity index (χ4n) is 4.18. The first-order valence-corrected chi connectivity index (χ1v) is 11.4. The lowest BCUT2D eigenvalue weighted by atomic mass is 10.1. The monoisotopic (exact) mass is 488 g/mol. The first-order chi connectivity index (χ1) is 17.4. The van der Waals surface area contributed by atoms with Crippen molar-refractivity contribution in [2.45, 2.75) is 12.6 Å². The number of ether oxygens (including phenoxy) is 1. The molecule has 5 aromatic rings. The molecule has 0 bridgehead atoms. The molecular formula is C28H23F3N4O. The highest BCUT2D eigenvalue weighted by Crippen LogP contribution is 2.36. The number of rotatable bonds is 7. The Labute approximate surface area is 206 Å². The van der Waals surface area contributed by atoms with Crippen LogP contribution in [0.5, 0.6) is 5.75 Å². The maximum absolute atomic E-state index is 13.4. The van der Waals surface area contributed by atoms with Gasteiger partial charge < -0.3 is 14.6 Å². The topological polar surface area (TPSA) is 52.0 Å². The van der Waals surface area contributed by atoms with Crippen LogP contribution in [0.15, 0.2) is 91.4 Å². The third-order valence-corrected chi connectivity index (χ3v) is 5.98. The minimum Gasteiger partial charge on any atom is -0.497 e. The van der Waals surface area contributed by atoms with Crippen LogP contribution in [0.2, 0.25) is 0 Å². The first kappa shape index (κ1) is 23.4. The number of hydrogen-bond acceptors (Lipinski definition) is 4. The van der Waals surface area contributed by atoms with Gasteiger partial charge in [0, 0.05) is 24.0 Å². The number of hydrogen-bond donors (Lipinski definition) is 1. The lowest BCUT2D eigenvalue weighted by Crippen LogP contribution is -2.08. The summed E-state index contributed by atoms with van der Waals surface area (Å²) in [6.45, 7) is 0.613. The lowest BCUT2D eigenvalue weighted by molar-refractivity contribution is -0.137. The van der Waals surface area contributed by atoms with Crippen molar-refractivity contribution in [2.24, 2.45) is 0 Å². The predicted molar refractivity (Wildman–Crippen MR) is 134 cm³/mol. The van der Waals surface area contributed by atoms with Crippen molar-refractivity contribution in [3.05, 3.63) is 103 Å². The molecule has 8 heteroatoms. The maximum Gasteiger partial charge on any atom is 0.416 e. The summed E-state index contributed by atoms with van der Waals surface area (Å²) in [5.74, 6) is 1.42. The quantitative estimate of drug-likeness (QED) is 0.275. The van der Waals surface area contributed by atoms with E-state index in [1.165, 1.54) is 12.4 Å². The van der Waals surface area contributed by atoms with Gasteiger partial charge in [0.1, 0.15) is 17.9 Å². The highest BCUT2D eigenvalue weighted by atomic mass is 19.4. The van der Waals surface area contributed by atoms with Gasteiger partial charge in [-0.2, -0.15) is 13.2 Å². The van der Waals surface area contributed by atoms with Crippen LogP contribution in [-0.2, 0) is 12.6 Å². The molecule has 0 amide bonds. The van der Waals surface area contributed by atoms with Crippen LogP contribution in [0.1, 0.15) is 11.1 Å². The number of fused-ring (bicyclic) bond motifs is 1. The van der Waals surface area contributed by atoms with Gasteiger partial charge in [0.15, 0.2) is 5.65 Å². The number of methoxy groups -OCH3 is 1. The normalized spacial score (nSPS) is 11.6. The summed E-state index contributed by atoms with van der Waals surface area (Å²) < 4.78 is 47.1. The van der Waals surface area contributed by atoms with Gasteiger partial charge in [0.05, 0.1) is 18.1 Å². The van der Waals surface area contributed by atoms with E-state index < -0.39 is 11.7 Å². The third kappa shape index (κ3) is 4.75. The van der Waals surface area contributed by atoms with Gasteiger partial charge in [-0.05, 0) is 47.9 Å². The zero-order valence-electron chi connectivity index (χ0n) is 19.5. The minimum atomic E-state index is -4.44. The SMILES string of the molecule is COc1ccc(CCNc2ncnc3c2c(-c2ccccc2)cn3-c2cccc(C(F)(F)F)c2)cc1.